The first kappa shape index (κ1) is 15.8. The number of oxime groups is 1. The van der Waals surface area contributed by atoms with Crippen LogP contribution in [0.4, 0.5) is 18.9 Å². The Morgan fingerprint density at radius 1 is 1.22 bits per heavy atom. The normalized spacial score (nSPS) is 24.4. The molecule has 1 fully saturated rings. The van der Waals surface area contributed by atoms with Crippen molar-refractivity contribution in [1.82, 2.24) is 0 Å². The minimum atomic E-state index is -4.69. The van der Waals surface area contributed by atoms with Crippen LogP contribution < -0.4 is 0 Å². The van der Waals surface area contributed by atoms with E-state index in [4.69, 9.17) is 4.84 Å². The van der Waals surface area contributed by atoms with E-state index in [1.807, 2.05) is 0 Å². The minimum Gasteiger partial charge on any atom is -0.392 e. The van der Waals surface area contributed by atoms with E-state index in [2.05, 4.69) is 5.16 Å². The maximum Gasteiger partial charge on any atom is 0.417 e. The molecule has 23 heavy (non-hydrogen) atoms. The molecule has 0 radical (unpaired) electrons. The second-order valence-electron chi connectivity index (χ2n) is 5.85. The van der Waals surface area contributed by atoms with E-state index < -0.39 is 22.4 Å². The topological polar surface area (TPSA) is 64.7 Å². The van der Waals surface area contributed by atoms with Gasteiger partial charge >= 0.3 is 6.18 Å². The number of alkyl halides is 3. The Hall–Kier alpha value is -2.12. The maximum absolute atomic E-state index is 13.3. The first-order chi connectivity index (χ1) is 10.9. The fraction of sp³-hybridized carbons (Fsp3) is 0.533. The number of benzene rings is 1. The smallest absolute Gasteiger partial charge is 0.392 e. The van der Waals surface area contributed by atoms with Gasteiger partial charge in [-0.3, -0.25) is 10.1 Å². The zero-order chi connectivity index (χ0) is 16.6. The third-order valence-electron chi connectivity index (χ3n) is 4.39. The molecule has 3 rings (SSSR count). The minimum absolute atomic E-state index is 0.113. The molecule has 1 aromatic carbocycles. The number of hydrogen-bond donors (Lipinski definition) is 0. The molecule has 1 aliphatic carbocycles. The average molecular weight is 328 g/mol. The number of halogens is 3. The largest absolute Gasteiger partial charge is 0.417 e. The van der Waals surface area contributed by atoms with Crippen LogP contribution in [0.1, 0.15) is 43.2 Å². The van der Waals surface area contributed by atoms with E-state index in [0.717, 1.165) is 44.2 Å². The van der Waals surface area contributed by atoms with E-state index in [1.54, 1.807) is 0 Å². The molecule has 2 unspecified atom stereocenters. The summed E-state index contributed by atoms with van der Waals surface area (Å²) in [5.74, 6) is -0.181. The van der Waals surface area contributed by atoms with Gasteiger partial charge in [0.15, 0.2) is 0 Å². The molecule has 0 amide bonds. The molecule has 5 nitrogen and oxygen atoms in total. The number of nitro groups is 1. The number of nitro benzene ring substituents is 1. The number of nitrogens with zero attached hydrogens (tertiary/aromatic N) is 2. The zero-order valence-electron chi connectivity index (χ0n) is 12.2. The third kappa shape index (κ3) is 3.02. The van der Waals surface area contributed by atoms with Crippen LogP contribution in [0.15, 0.2) is 23.4 Å². The van der Waals surface area contributed by atoms with Gasteiger partial charge in [0.2, 0.25) is 0 Å². The summed E-state index contributed by atoms with van der Waals surface area (Å²) in [6, 6.07) is 2.79. The standard InChI is InChI=1S/C15H15F3N2O3/c16-15(17,18)12-8-9(20(21)22)6-7-10(12)14-11-4-2-1-3-5-13(11)23-19-14/h6-8,11,13H,1-5H2. The lowest BCUT2D eigenvalue weighted by atomic mass is 9.86. The second kappa shape index (κ2) is 5.82. The lowest BCUT2D eigenvalue weighted by Crippen LogP contribution is -2.25. The molecular formula is C15H15F3N2O3. The van der Waals surface area contributed by atoms with Gasteiger partial charge in [0.05, 0.1) is 16.2 Å². The first-order valence-corrected chi connectivity index (χ1v) is 7.47. The zero-order valence-corrected chi connectivity index (χ0v) is 12.2. The van der Waals surface area contributed by atoms with E-state index in [0.29, 0.717) is 6.07 Å². The van der Waals surface area contributed by atoms with Gasteiger partial charge in [-0.2, -0.15) is 13.2 Å². The molecule has 2 atom stereocenters. The predicted octanol–water partition coefficient (Wildman–Crippen LogP) is 4.30. The summed E-state index contributed by atoms with van der Waals surface area (Å²) in [5, 5.41) is 14.7. The van der Waals surface area contributed by atoms with Crippen molar-refractivity contribution in [2.75, 3.05) is 0 Å². The molecule has 0 spiro atoms. The molecule has 0 N–H and O–H groups in total. The Kier molecular flexibility index (Phi) is 3.99. The molecule has 1 aliphatic heterocycles. The molecule has 1 heterocycles. The van der Waals surface area contributed by atoms with Gasteiger partial charge in [-0.05, 0) is 25.3 Å². The molecule has 0 bridgehead atoms. The Morgan fingerprint density at radius 3 is 2.65 bits per heavy atom. The van der Waals surface area contributed by atoms with Gasteiger partial charge in [-0.15, -0.1) is 0 Å². The summed E-state index contributed by atoms with van der Waals surface area (Å²) in [6.45, 7) is 0. The maximum atomic E-state index is 13.3. The van der Waals surface area contributed by atoms with Crippen molar-refractivity contribution in [3.63, 3.8) is 0 Å². The lowest BCUT2D eigenvalue weighted by Gasteiger charge is -2.18. The Bertz CT molecular complexity index is 658. The summed E-state index contributed by atoms with van der Waals surface area (Å²) >= 11 is 0. The number of non-ortho nitro benzene ring substituents is 1. The van der Waals surface area contributed by atoms with Crippen molar-refractivity contribution in [3.8, 4) is 0 Å². The molecule has 1 saturated carbocycles. The van der Waals surface area contributed by atoms with Gasteiger partial charge in [-0.1, -0.05) is 18.0 Å². The second-order valence-corrected chi connectivity index (χ2v) is 5.85. The summed E-state index contributed by atoms with van der Waals surface area (Å²) in [4.78, 5) is 15.3. The third-order valence-corrected chi connectivity index (χ3v) is 4.39. The van der Waals surface area contributed by atoms with Gasteiger partial charge in [-0.25, -0.2) is 0 Å². The van der Waals surface area contributed by atoms with Crippen molar-refractivity contribution in [2.24, 2.45) is 11.1 Å². The van der Waals surface area contributed by atoms with Crippen molar-refractivity contribution in [1.29, 1.82) is 0 Å². The monoisotopic (exact) mass is 328 g/mol. The average Bonchev–Trinajstić information content (AvgIpc) is 2.74. The van der Waals surface area contributed by atoms with Crippen molar-refractivity contribution >= 4 is 11.4 Å². The highest BCUT2D eigenvalue weighted by atomic mass is 19.4. The van der Waals surface area contributed by atoms with E-state index >= 15 is 0 Å². The highest BCUT2D eigenvalue weighted by Gasteiger charge is 2.41. The van der Waals surface area contributed by atoms with Gasteiger partial charge in [0.1, 0.15) is 6.10 Å². The van der Waals surface area contributed by atoms with Crippen molar-refractivity contribution in [2.45, 2.75) is 44.4 Å². The van der Waals surface area contributed by atoms with E-state index in [-0.39, 0.29) is 23.3 Å². The van der Waals surface area contributed by atoms with Gasteiger partial charge in [0.25, 0.3) is 5.69 Å². The van der Waals surface area contributed by atoms with Gasteiger partial charge in [0, 0.05) is 23.6 Å². The highest BCUT2D eigenvalue weighted by molar-refractivity contribution is 6.04. The van der Waals surface area contributed by atoms with Crippen LogP contribution in [-0.4, -0.2) is 16.7 Å². The molecule has 0 aromatic heterocycles. The Morgan fingerprint density at radius 2 is 1.96 bits per heavy atom. The molecule has 8 heteroatoms. The number of rotatable bonds is 2. The Balaban J connectivity index is 2.03. The molecule has 2 aliphatic rings. The van der Waals surface area contributed by atoms with Crippen LogP contribution in [-0.2, 0) is 11.0 Å². The van der Waals surface area contributed by atoms with E-state index in [1.165, 1.54) is 0 Å². The molecule has 124 valence electrons. The van der Waals surface area contributed by atoms with Crippen LogP contribution in [0.5, 0.6) is 0 Å². The summed E-state index contributed by atoms with van der Waals surface area (Å²) < 4.78 is 40.0. The first-order valence-electron chi connectivity index (χ1n) is 7.47. The van der Waals surface area contributed by atoms with Crippen molar-refractivity contribution in [3.05, 3.63) is 39.4 Å². The van der Waals surface area contributed by atoms with Crippen LogP contribution in [0.25, 0.3) is 0 Å². The molecule has 1 aromatic rings. The number of hydrogen-bond acceptors (Lipinski definition) is 4. The van der Waals surface area contributed by atoms with Crippen LogP contribution >= 0.6 is 0 Å². The van der Waals surface area contributed by atoms with Crippen LogP contribution in [0.2, 0.25) is 0 Å². The Labute approximate surface area is 130 Å². The summed E-state index contributed by atoms with van der Waals surface area (Å²) in [5.41, 5.74) is -1.46. The SMILES string of the molecule is O=[N+]([O-])c1ccc(C2=NOC3CCCCCC23)c(C(F)(F)F)c1. The van der Waals surface area contributed by atoms with Crippen molar-refractivity contribution < 1.29 is 22.9 Å². The quantitative estimate of drug-likeness (QED) is 0.600. The summed E-state index contributed by atoms with van der Waals surface area (Å²) in [6.07, 6.45) is -0.482. The predicted molar refractivity (Wildman–Crippen MR) is 76.1 cm³/mol. The highest BCUT2D eigenvalue weighted by Crippen LogP contribution is 2.39. The number of fused-ring (bicyclic) bond motifs is 1. The van der Waals surface area contributed by atoms with Crippen LogP contribution in [0, 0.1) is 16.0 Å². The van der Waals surface area contributed by atoms with Crippen LogP contribution in [0.3, 0.4) is 0 Å². The van der Waals surface area contributed by atoms with Gasteiger partial charge < -0.3 is 4.84 Å². The fourth-order valence-electron chi connectivity index (χ4n) is 3.26. The van der Waals surface area contributed by atoms with E-state index in [9.17, 15) is 23.3 Å². The molecule has 0 saturated heterocycles. The lowest BCUT2D eigenvalue weighted by molar-refractivity contribution is -0.385. The summed E-state index contributed by atoms with van der Waals surface area (Å²) in [7, 11) is 0. The fourth-order valence-corrected chi connectivity index (χ4v) is 3.26. The molecular weight excluding hydrogens is 313 g/mol.